The Morgan fingerprint density at radius 1 is 1.10 bits per heavy atom. The molecule has 5 N–H and O–H groups in total. The SMILES string of the molecule is Cc1ccc(NC(=O)CSc2nc(N)c(NC(=O)c3ccc(F)cc3)c(=O)[nH]2)cc1. The number of aryl methyl sites for hydroxylation is 1. The number of carbonyl (C=O) groups is 2. The molecule has 0 radical (unpaired) electrons. The first-order chi connectivity index (χ1) is 14.3. The molecule has 3 aromatic rings. The van der Waals surface area contributed by atoms with Gasteiger partial charge in [0, 0.05) is 11.3 Å². The van der Waals surface area contributed by atoms with E-state index in [9.17, 15) is 18.8 Å². The topological polar surface area (TPSA) is 130 Å². The zero-order valence-corrected chi connectivity index (χ0v) is 16.7. The summed E-state index contributed by atoms with van der Waals surface area (Å²) in [6.45, 7) is 1.94. The standard InChI is InChI=1S/C20H18FN5O3S/c1-11-2-8-14(9-3-11)23-15(27)10-30-20-25-17(22)16(19(29)26-20)24-18(28)12-4-6-13(21)7-5-12/h2-9H,10H2,1H3,(H,23,27)(H,24,28)(H3,22,25,26,29). The maximum Gasteiger partial charge on any atom is 0.277 e. The van der Waals surface area contributed by atoms with Crippen molar-refractivity contribution >= 4 is 40.8 Å². The van der Waals surface area contributed by atoms with E-state index in [0.717, 1.165) is 29.5 Å². The van der Waals surface area contributed by atoms with E-state index in [4.69, 9.17) is 5.73 Å². The molecule has 0 bridgehead atoms. The van der Waals surface area contributed by atoms with Gasteiger partial charge in [0.25, 0.3) is 11.5 Å². The highest BCUT2D eigenvalue weighted by Gasteiger charge is 2.15. The molecule has 1 heterocycles. The van der Waals surface area contributed by atoms with Gasteiger partial charge in [0.1, 0.15) is 11.5 Å². The minimum absolute atomic E-state index is 0.00244. The Hall–Kier alpha value is -3.66. The van der Waals surface area contributed by atoms with Gasteiger partial charge in [0.05, 0.1) is 5.75 Å². The summed E-state index contributed by atoms with van der Waals surface area (Å²) >= 11 is 0.992. The van der Waals surface area contributed by atoms with Gasteiger partial charge in [-0.1, -0.05) is 29.5 Å². The highest BCUT2D eigenvalue weighted by atomic mass is 32.2. The van der Waals surface area contributed by atoms with E-state index < -0.39 is 17.3 Å². The lowest BCUT2D eigenvalue weighted by molar-refractivity contribution is -0.113. The summed E-state index contributed by atoms with van der Waals surface area (Å²) in [6, 6.07) is 12.1. The molecule has 30 heavy (non-hydrogen) atoms. The summed E-state index contributed by atoms with van der Waals surface area (Å²) in [5.74, 6) is -1.60. The summed E-state index contributed by atoms with van der Waals surface area (Å²) in [5.41, 5.74) is 6.79. The lowest BCUT2D eigenvalue weighted by atomic mass is 10.2. The van der Waals surface area contributed by atoms with Gasteiger partial charge < -0.3 is 16.4 Å². The van der Waals surface area contributed by atoms with Crippen LogP contribution in [-0.2, 0) is 4.79 Å². The summed E-state index contributed by atoms with van der Waals surface area (Å²) in [5, 5.41) is 5.23. The van der Waals surface area contributed by atoms with Crippen molar-refractivity contribution in [2.45, 2.75) is 12.1 Å². The van der Waals surface area contributed by atoms with Gasteiger partial charge in [0.2, 0.25) is 5.91 Å². The fraction of sp³-hybridized carbons (Fsp3) is 0.100. The van der Waals surface area contributed by atoms with Crippen LogP contribution in [0, 0.1) is 12.7 Å². The molecule has 0 atom stereocenters. The number of benzene rings is 2. The van der Waals surface area contributed by atoms with E-state index in [1.54, 1.807) is 12.1 Å². The molecule has 154 valence electrons. The maximum absolute atomic E-state index is 13.0. The van der Waals surface area contributed by atoms with Gasteiger partial charge in [-0.2, -0.15) is 0 Å². The first-order valence-electron chi connectivity index (χ1n) is 8.78. The number of nitrogens with one attached hydrogen (secondary N) is 3. The van der Waals surface area contributed by atoms with Crippen LogP contribution in [0.4, 0.5) is 21.6 Å². The van der Waals surface area contributed by atoms with E-state index in [0.29, 0.717) is 5.69 Å². The molecule has 0 spiro atoms. The van der Waals surface area contributed by atoms with Crippen LogP contribution in [0.15, 0.2) is 58.5 Å². The van der Waals surface area contributed by atoms with Crippen LogP contribution in [0.1, 0.15) is 15.9 Å². The smallest absolute Gasteiger partial charge is 0.277 e. The number of aromatic amines is 1. The minimum Gasteiger partial charge on any atom is -0.382 e. The predicted molar refractivity (Wildman–Crippen MR) is 114 cm³/mol. The van der Waals surface area contributed by atoms with Gasteiger partial charge in [0.15, 0.2) is 11.0 Å². The Labute approximate surface area is 175 Å². The number of halogens is 1. The largest absolute Gasteiger partial charge is 0.382 e. The van der Waals surface area contributed by atoms with E-state index in [2.05, 4.69) is 20.6 Å². The number of aromatic nitrogens is 2. The lowest BCUT2D eigenvalue weighted by Crippen LogP contribution is -2.23. The van der Waals surface area contributed by atoms with Crippen LogP contribution >= 0.6 is 11.8 Å². The van der Waals surface area contributed by atoms with Crippen LogP contribution < -0.4 is 21.9 Å². The second-order valence-electron chi connectivity index (χ2n) is 6.30. The second-order valence-corrected chi connectivity index (χ2v) is 7.26. The zero-order valence-electron chi connectivity index (χ0n) is 15.9. The van der Waals surface area contributed by atoms with Gasteiger partial charge in [-0.05, 0) is 43.3 Å². The van der Waals surface area contributed by atoms with Crippen molar-refractivity contribution in [3.05, 3.63) is 75.8 Å². The maximum atomic E-state index is 13.0. The number of rotatable bonds is 6. The number of hydrogen-bond acceptors (Lipinski definition) is 6. The third-order valence-electron chi connectivity index (χ3n) is 3.95. The zero-order chi connectivity index (χ0) is 21.7. The van der Waals surface area contributed by atoms with Crippen molar-refractivity contribution in [1.29, 1.82) is 0 Å². The lowest BCUT2D eigenvalue weighted by Gasteiger charge is -2.09. The molecule has 0 aliphatic heterocycles. The Balaban J connectivity index is 1.63. The average molecular weight is 427 g/mol. The first kappa shape index (κ1) is 21.1. The molecular formula is C20H18FN5O3S. The fourth-order valence-electron chi connectivity index (χ4n) is 2.41. The number of nitrogens with two attached hydrogens (primary N) is 1. The number of thioether (sulfide) groups is 1. The molecule has 0 saturated carbocycles. The number of carbonyl (C=O) groups excluding carboxylic acids is 2. The Morgan fingerprint density at radius 2 is 1.77 bits per heavy atom. The molecule has 0 fully saturated rings. The molecular weight excluding hydrogens is 409 g/mol. The summed E-state index contributed by atoms with van der Waals surface area (Å²) in [6.07, 6.45) is 0. The predicted octanol–water partition coefficient (Wildman–Crippen LogP) is 2.78. The summed E-state index contributed by atoms with van der Waals surface area (Å²) < 4.78 is 13.0. The van der Waals surface area contributed by atoms with Crippen molar-refractivity contribution in [2.75, 3.05) is 22.1 Å². The minimum atomic E-state index is -0.667. The molecule has 0 unspecified atom stereocenters. The summed E-state index contributed by atoms with van der Waals surface area (Å²) in [4.78, 5) is 43.0. The van der Waals surface area contributed by atoms with E-state index in [1.165, 1.54) is 12.1 Å². The number of anilines is 3. The molecule has 0 saturated heterocycles. The number of nitrogen functional groups attached to an aromatic ring is 1. The molecule has 1 aromatic heterocycles. The van der Waals surface area contributed by atoms with Gasteiger partial charge in [-0.15, -0.1) is 0 Å². The van der Waals surface area contributed by atoms with Crippen molar-refractivity contribution in [3.8, 4) is 0 Å². The molecule has 3 rings (SSSR count). The first-order valence-corrected chi connectivity index (χ1v) is 9.76. The van der Waals surface area contributed by atoms with Crippen LogP contribution in [0.3, 0.4) is 0 Å². The van der Waals surface area contributed by atoms with E-state index in [-0.39, 0.29) is 33.9 Å². The third-order valence-corrected chi connectivity index (χ3v) is 4.82. The Bertz CT molecular complexity index is 1130. The van der Waals surface area contributed by atoms with Gasteiger partial charge in [-0.25, -0.2) is 9.37 Å². The highest BCUT2D eigenvalue weighted by Crippen LogP contribution is 2.18. The normalized spacial score (nSPS) is 10.5. The number of hydrogen-bond donors (Lipinski definition) is 4. The van der Waals surface area contributed by atoms with Gasteiger partial charge >= 0.3 is 0 Å². The molecule has 8 nitrogen and oxygen atoms in total. The summed E-state index contributed by atoms with van der Waals surface area (Å²) in [7, 11) is 0. The van der Waals surface area contributed by atoms with Crippen molar-refractivity contribution < 1.29 is 14.0 Å². The van der Waals surface area contributed by atoms with Crippen molar-refractivity contribution in [2.24, 2.45) is 0 Å². The van der Waals surface area contributed by atoms with Crippen molar-refractivity contribution in [3.63, 3.8) is 0 Å². The van der Waals surface area contributed by atoms with Gasteiger partial charge in [-0.3, -0.25) is 19.4 Å². The van der Waals surface area contributed by atoms with Crippen LogP contribution in [0.5, 0.6) is 0 Å². The van der Waals surface area contributed by atoms with E-state index >= 15 is 0 Å². The van der Waals surface area contributed by atoms with E-state index in [1.807, 2.05) is 19.1 Å². The molecule has 2 aromatic carbocycles. The molecule has 0 aliphatic carbocycles. The monoisotopic (exact) mass is 427 g/mol. The van der Waals surface area contributed by atoms with Crippen LogP contribution in [-0.4, -0.2) is 27.5 Å². The quantitative estimate of drug-likeness (QED) is 0.354. The Morgan fingerprint density at radius 3 is 2.40 bits per heavy atom. The highest BCUT2D eigenvalue weighted by molar-refractivity contribution is 7.99. The number of amides is 2. The molecule has 0 aliphatic rings. The second kappa shape index (κ2) is 9.23. The average Bonchev–Trinajstić information content (AvgIpc) is 2.71. The Kier molecular flexibility index (Phi) is 6.48. The third kappa shape index (κ3) is 5.45. The van der Waals surface area contributed by atoms with Crippen molar-refractivity contribution in [1.82, 2.24) is 9.97 Å². The number of H-pyrrole nitrogens is 1. The fourth-order valence-corrected chi connectivity index (χ4v) is 3.08. The van der Waals surface area contributed by atoms with Crippen LogP contribution in [0.2, 0.25) is 0 Å². The molecule has 10 heteroatoms. The number of nitrogens with zero attached hydrogens (tertiary/aromatic N) is 1. The van der Waals surface area contributed by atoms with Crippen LogP contribution in [0.25, 0.3) is 0 Å². The molecule has 2 amide bonds.